The smallest absolute Gasteiger partial charge is 0.314 e. The summed E-state index contributed by atoms with van der Waals surface area (Å²) in [5.74, 6) is 0.902. The molecule has 4 heteroatoms. The maximum absolute atomic E-state index is 10.9. The number of carbonyl (C=O) groups excluding carboxylic acids is 1. The number of primary amides is 1. The first kappa shape index (κ1) is 10.7. The predicted octanol–water partition coefficient (Wildman–Crippen LogP) is 0.918. The summed E-state index contributed by atoms with van der Waals surface area (Å²) in [6.07, 6.45) is 4.73. The van der Waals surface area contributed by atoms with Crippen LogP contribution in [-0.4, -0.2) is 36.1 Å². The third-order valence-electron chi connectivity index (χ3n) is 3.70. The number of nitrogens with one attached hydrogen (secondary N) is 1. The van der Waals surface area contributed by atoms with Crippen molar-refractivity contribution in [3.05, 3.63) is 0 Å². The Labute approximate surface area is 91.2 Å². The minimum absolute atomic E-state index is 0.272. The van der Waals surface area contributed by atoms with Crippen LogP contribution in [0.5, 0.6) is 0 Å². The first-order valence-corrected chi connectivity index (χ1v) is 6.01. The number of likely N-dealkylation sites (tertiary alicyclic amines) is 1. The lowest BCUT2D eigenvalue weighted by Crippen LogP contribution is -2.47. The van der Waals surface area contributed by atoms with Crippen molar-refractivity contribution in [2.24, 2.45) is 11.7 Å². The Bertz CT molecular complexity index is 236. The number of urea groups is 1. The molecule has 2 amide bonds. The van der Waals surface area contributed by atoms with Crippen molar-refractivity contribution in [3.63, 3.8) is 0 Å². The van der Waals surface area contributed by atoms with E-state index in [-0.39, 0.29) is 6.03 Å². The van der Waals surface area contributed by atoms with Crippen LogP contribution in [0.4, 0.5) is 4.79 Å². The molecule has 0 aromatic rings. The van der Waals surface area contributed by atoms with Gasteiger partial charge in [-0.05, 0) is 25.2 Å². The number of hydrogen-bond acceptors (Lipinski definition) is 2. The minimum Gasteiger partial charge on any atom is -0.351 e. The number of amides is 2. The maximum atomic E-state index is 10.9. The summed E-state index contributed by atoms with van der Waals surface area (Å²) in [6, 6.07) is 1.08. The highest BCUT2D eigenvalue weighted by Gasteiger charge is 2.37. The molecular formula is C11H21N3O. The van der Waals surface area contributed by atoms with Gasteiger partial charge in [0.25, 0.3) is 0 Å². The van der Waals surface area contributed by atoms with Crippen LogP contribution in [0.25, 0.3) is 0 Å². The molecule has 15 heavy (non-hydrogen) atoms. The summed E-state index contributed by atoms with van der Waals surface area (Å²) in [4.78, 5) is 12.7. The van der Waals surface area contributed by atoms with E-state index in [1.807, 2.05) is 0 Å². The fourth-order valence-corrected chi connectivity index (χ4v) is 2.47. The highest BCUT2D eigenvalue weighted by atomic mass is 16.2. The van der Waals surface area contributed by atoms with E-state index in [2.05, 4.69) is 12.2 Å². The second-order valence-electron chi connectivity index (χ2n) is 4.78. The van der Waals surface area contributed by atoms with Gasteiger partial charge in [-0.25, -0.2) is 4.79 Å². The average molecular weight is 211 g/mol. The van der Waals surface area contributed by atoms with Gasteiger partial charge in [0.2, 0.25) is 0 Å². The van der Waals surface area contributed by atoms with Crippen molar-refractivity contribution in [2.75, 3.05) is 13.1 Å². The lowest BCUT2D eigenvalue weighted by Gasteiger charge is -2.31. The largest absolute Gasteiger partial charge is 0.351 e. The minimum atomic E-state index is -0.272. The van der Waals surface area contributed by atoms with Crippen LogP contribution in [0.1, 0.15) is 32.6 Å². The van der Waals surface area contributed by atoms with Gasteiger partial charge in [0.05, 0.1) is 0 Å². The molecule has 1 aliphatic carbocycles. The van der Waals surface area contributed by atoms with Crippen molar-refractivity contribution in [1.82, 2.24) is 10.2 Å². The van der Waals surface area contributed by atoms with Gasteiger partial charge in [0, 0.05) is 25.2 Å². The lowest BCUT2D eigenvalue weighted by atomic mass is 10.1. The topological polar surface area (TPSA) is 58.4 Å². The second kappa shape index (κ2) is 4.39. The highest BCUT2D eigenvalue weighted by molar-refractivity contribution is 5.72. The SMILES string of the molecule is CCC1CC1NC1CCN(C(N)=O)CC1. The van der Waals surface area contributed by atoms with Crippen LogP contribution < -0.4 is 11.1 Å². The molecule has 3 N–H and O–H groups in total. The molecule has 0 radical (unpaired) electrons. The van der Waals surface area contributed by atoms with Crippen molar-refractivity contribution in [1.29, 1.82) is 0 Å². The average Bonchev–Trinajstić information content (AvgIpc) is 2.97. The normalized spacial score (nSPS) is 31.7. The number of nitrogens with two attached hydrogens (primary N) is 1. The zero-order valence-electron chi connectivity index (χ0n) is 9.41. The van der Waals surface area contributed by atoms with Gasteiger partial charge in [-0.3, -0.25) is 0 Å². The van der Waals surface area contributed by atoms with Crippen molar-refractivity contribution in [2.45, 2.75) is 44.7 Å². The third-order valence-corrected chi connectivity index (χ3v) is 3.70. The lowest BCUT2D eigenvalue weighted by molar-refractivity contribution is 0.184. The Morgan fingerprint density at radius 2 is 2.13 bits per heavy atom. The molecule has 0 spiro atoms. The number of rotatable bonds is 3. The molecular weight excluding hydrogens is 190 g/mol. The first-order chi connectivity index (χ1) is 7.20. The molecule has 2 aliphatic rings. The summed E-state index contributed by atoms with van der Waals surface area (Å²) < 4.78 is 0. The van der Waals surface area contributed by atoms with Crippen LogP contribution in [0.2, 0.25) is 0 Å². The zero-order chi connectivity index (χ0) is 10.8. The van der Waals surface area contributed by atoms with Gasteiger partial charge in [0.1, 0.15) is 0 Å². The fraction of sp³-hybridized carbons (Fsp3) is 0.909. The summed E-state index contributed by atoms with van der Waals surface area (Å²) in [5, 5.41) is 3.67. The van der Waals surface area contributed by atoms with E-state index in [1.54, 1.807) is 4.90 Å². The molecule has 1 heterocycles. The van der Waals surface area contributed by atoms with Gasteiger partial charge >= 0.3 is 6.03 Å². The monoisotopic (exact) mass is 211 g/mol. The van der Waals surface area contributed by atoms with E-state index in [9.17, 15) is 4.79 Å². The zero-order valence-corrected chi connectivity index (χ0v) is 9.41. The van der Waals surface area contributed by atoms with E-state index in [0.717, 1.165) is 37.9 Å². The van der Waals surface area contributed by atoms with E-state index >= 15 is 0 Å². The molecule has 1 saturated heterocycles. The standard InChI is InChI=1S/C11H21N3O/c1-2-8-7-10(8)13-9-3-5-14(6-4-9)11(12)15/h8-10,13H,2-7H2,1H3,(H2,12,15). The summed E-state index contributed by atoms with van der Waals surface area (Å²) in [6.45, 7) is 3.88. The van der Waals surface area contributed by atoms with Crippen molar-refractivity contribution < 1.29 is 4.79 Å². The van der Waals surface area contributed by atoms with E-state index < -0.39 is 0 Å². The molecule has 1 aliphatic heterocycles. The van der Waals surface area contributed by atoms with Crippen LogP contribution in [0, 0.1) is 5.92 Å². The quantitative estimate of drug-likeness (QED) is 0.729. The molecule has 0 aromatic carbocycles. The Balaban J connectivity index is 1.68. The van der Waals surface area contributed by atoms with E-state index in [4.69, 9.17) is 5.73 Å². The molecule has 0 bridgehead atoms. The number of hydrogen-bond donors (Lipinski definition) is 2. The molecule has 4 nitrogen and oxygen atoms in total. The Hall–Kier alpha value is -0.770. The second-order valence-corrected chi connectivity index (χ2v) is 4.78. The first-order valence-electron chi connectivity index (χ1n) is 6.01. The van der Waals surface area contributed by atoms with Crippen LogP contribution in [0.15, 0.2) is 0 Å². The maximum Gasteiger partial charge on any atom is 0.314 e. The summed E-state index contributed by atoms with van der Waals surface area (Å²) in [5.41, 5.74) is 5.24. The summed E-state index contributed by atoms with van der Waals surface area (Å²) >= 11 is 0. The summed E-state index contributed by atoms with van der Waals surface area (Å²) in [7, 11) is 0. The van der Waals surface area contributed by atoms with Crippen molar-refractivity contribution in [3.8, 4) is 0 Å². The van der Waals surface area contributed by atoms with Crippen molar-refractivity contribution >= 4 is 6.03 Å². The Morgan fingerprint density at radius 1 is 1.47 bits per heavy atom. The number of piperidine rings is 1. The number of nitrogens with zero attached hydrogens (tertiary/aromatic N) is 1. The fourth-order valence-electron chi connectivity index (χ4n) is 2.47. The van der Waals surface area contributed by atoms with Crippen LogP contribution in [0.3, 0.4) is 0 Å². The molecule has 2 rings (SSSR count). The van der Waals surface area contributed by atoms with Crippen LogP contribution >= 0.6 is 0 Å². The Morgan fingerprint density at radius 3 is 2.60 bits per heavy atom. The van der Waals surface area contributed by atoms with Gasteiger partial charge in [0.15, 0.2) is 0 Å². The predicted molar refractivity (Wildman–Crippen MR) is 59.5 cm³/mol. The molecule has 2 fully saturated rings. The van der Waals surface area contributed by atoms with Gasteiger partial charge in [-0.2, -0.15) is 0 Å². The van der Waals surface area contributed by atoms with Crippen LogP contribution in [-0.2, 0) is 0 Å². The molecule has 0 aromatic heterocycles. The number of carbonyl (C=O) groups is 1. The van der Waals surface area contributed by atoms with E-state index in [0.29, 0.717) is 6.04 Å². The van der Waals surface area contributed by atoms with E-state index in [1.165, 1.54) is 12.8 Å². The van der Waals surface area contributed by atoms with Gasteiger partial charge < -0.3 is 16.0 Å². The molecule has 2 atom stereocenters. The van der Waals surface area contributed by atoms with Gasteiger partial charge in [-0.1, -0.05) is 13.3 Å². The Kier molecular flexibility index (Phi) is 3.14. The molecule has 86 valence electrons. The molecule has 2 unspecified atom stereocenters. The molecule has 1 saturated carbocycles. The van der Waals surface area contributed by atoms with Gasteiger partial charge in [-0.15, -0.1) is 0 Å². The third kappa shape index (κ3) is 2.62. The highest BCUT2D eigenvalue weighted by Crippen LogP contribution is 2.34.